The van der Waals surface area contributed by atoms with Gasteiger partial charge < -0.3 is 19.3 Å². The lowest BCUT2D eigenvalue weighted by atomic mass is 10.1. The largest absolute Gasteiger partial charge is 0.493 e. The van der Waals surface area contributed by atoms with Crippen LogP contribution in [0.4, 0.5) is 4.39 Å². The number of methoxy groups -OCH3 is 2. The molecule has 1 N–H and O–H groups in total. The van der Waals surface area contributed by atoms with Crippen molar-refractivity contribution in [3.63, 3.8) is 0 Å². The third-order valence-corrected chi connectivity index (χ3v) is 3.40. The monoisotopic (exact) mass is 360 g/mol. The van der Waals surface area contributed by atoms with E-state index < -0.39 is 18.4 Å². The number of allylic oxidation sites excluding steroid dienone is 1. The van der Waals surface area contributed by atoms with E-state index in [4.69, 9.17) is 19.3 Å². The first kappa shape index (κ1) is 19.0. The van der Waals surface area contributed by atoms with Crippen molar-refractivity contribution in [3.8, 4) is 17.2 Å². The van der Waals surface area contributed by atoms with Crippen LogP contribution in [0.25, 0.3) is 6.08 Å². The molecule has 0 amide bonds. The predicted octanol–water partition coefficient (Wildman–Crippen LogP) is 3.20. The van der Waals surface area contributed by atoms with Crippen LogP contribution in [0.5, 0.6) is 17.2 Å². The maximum Gasteiger partial charge on any atom is 0.341 e. The molecule has 0 aliphatic carbocycles. The zero-order chi connectivity index (χ0) is 19.1. The minimum atomic E-state index is -1.24. The molecule has 0 saturated heterocycles. The third-order valence-electron chi connectivity index (χ3n) is 3.40. The van der Waals surface area contributed by atoms with Gasteiger partial charge in [0.1, 0.15) is 0 Å². The molecule has 2 aromatic carbocycles. The molecule has 0 bridgehead atoms. The van der Waals surface area contributed by atoms with Crippen molar-refractivity contribution in [3.05, 3.63) is 59.4 Å². The number of carboxylic acid groups (broad SMARTS) is 1. The maximum atomic E-state index is 13.6. The molecule has 0 unspecified atom stereocenters. The Morgan fingerprint density at radius 1 is 1.04 bits per heavy atom. The highest BCUT2D eigenvalue weighted by atomic mass is 19.1. The SMILES string of the molecule is COc1ccc(/C=C/C(=O)c2ccc(F)c(OCC(=O)O)c2)cc1OC. The first-order valence-electron chi connectivity index (χ1n) is 7.53. The molecule has 26 heavy (non-hydrogen) atoms. The Bertz CT molecular complexity index is 844. The van der Waals surface area contributed by atoms with Gasteiger partial charge >= 0.3 is 5.97 Å². The Morgan fingerprint density at radius 3 is 2.42 bits per heavy atom. The fourth-order valence-electron chi connectivity index (χ4n) is 2.13. The molecule has 0 spiro atoms. The van der Waals surface area contributed by atoms with E-state index in [1.54, 1.807) is 24.3 Å². The number of halogens is 1. The molecular weight excluding hydrogens is 343 g/mol. The summed E-state index contributed by atoms with van der Waals surface area (Å²) in [6.45, 7) is -0.698. The summed E-state index contributed by atoms with van der Waals surface area (Å²) >= 11 is 0. The van der Waals surface area contributed by atoms with Gasteiger partial charge in [-0.15, -0.1) is 0 Å². The lowest BCUT2D eigenvalue weighted by Crippen LogP contribution is -2.10. The topological polar surface area (TPSA) is 82.1 Å². The number of carboxylic acids is 1. The minimum Gasteiger partial charge on any atom is -0.493 e. The third kappa shape index (κ3) is 4.83. The molecule has 0 aliphatic heterocycles. The van der Waals surface area contributed by atoms with E-state index in [1.807, 2.05) is 0 Å². The van der Waals surface area contributed by atoms with E-state index in [1.165, 1.54) is 32.4 Å². The zero-order valence-corrected chi connectivity index (χ0v) is 14.2. The average Bonchev–Trinajstić information content (AvgIpc) is 2.64. The van der Waals surface area contributed by atoms with Crippen LogP contribution < -0.4 is 14.2 Å². The summed E-state index contributed by atoms with van der Waals surface area (Å²) in [5.41, 5.74) is 0.879. The smallest absolute Gasteiger partial charge is 0.341 e. The van der Waals surface area contributed by atoms with Crippen molar-refractivity contribution in [2.24, 2.45) is 0 Å². The van der Waals surface area contributed by atoms with Crippen molar-refractivity contribution in [2.45, 2.75) is 0 Å². The van der Waals surface area contributed by atoms with Gasteiger partial charge in [0.2, 0.25) is 0 Å². The van der Waals surface area contributed by atoms with E-state index >= 15 is 0 Å². The Morgan fingerprint density at radius 2 is 1.77 bits per heavy atom. The predicted molar refractivity (Wildman–Crippen MR) is 92.4 cm³/mol. The molecule has 0 saturated carbocycles. The first-order valence-corrected chi connectivity index (χ1v) is 7.53. The Hall–Kier alpha value is -3.35. The van der Waals surface area contributed by atoms with Crippen LogP contribution in [0, 0.1) is 5.82 Å². The molecule has 0 aromatic heterocycles. The molecule has 136 valence electrons. The second-order valence-electron chi connectivity index (χ2n) is 5.14. The number of aliphatic carboxylic acids is 1. The fraction of sp³-hybridized carbons (Fsp3) is 0.158. The Kier molecular flexibility index (Phi) is 6.32. The van der Waals surface area contributed by atoms with Gasteiger partial charge in [-0.25, -0.2) is 9.18 Å². The highest BCUT2D eigenvalue weighted by Crippen LogP contribution is 2.28. The number of hydrogen-bond donors (Lipinski definition) is 1. The van der Waals surface area contributed by atoms with Crippen LogP contribution in [-0.2, 0) is 4.79 Å². The summed E-state index contributed by atoms with van der Waals surface area (Å²) in [6, 6.07) is 8.67. The highest BCUT2D eigenvalue weighted by Gasteiger charge is 2.10. The lowest BCUT2D eigenvalue weighted by molar-refractivity contribution is -0.139. The Balaban J connectivity index is 2.17. The molecule has 0 radical (unpaired) electrons. The fourth-order valence-corrected chi connectivity index (χ4v) is 2.13. The number of ether oxygens (including phenoxy) is 3. The number of carbonyl (C=O) groups excluding carboxylic acids is 1. The number of hydrogen-bond acceptors (Lipinski definition) is 5. The summed E-state index contributed by atoms with van der Waals surface area (Å²) in [6.07, 6.45) is 2.89. The maximum absolute atomic E-state index is 13.6. The lowest BCUT2D eigenvalue weighted by Gasteiger charge is -2.07. The van der Waals surface area contributed by atoms with Gasteiger partial charge in [-0.1, -0.05) is 12.1 Å². The van der Waals surface area contributed by atoms with Gasteiger partial charge in [-0.3, -0.25) is 4.79 Å². The van der Waals surface area contributed by atoms with Crippen molar-refractivity contribution in [2.75, 3.05) is 20.8 Å². The van der Waals surface area contributed by atoms with Crippen LogP contribution in [0.2, 0.25) is 0 Å². The molecule has 0 aliphatic rings. The second-order valence-corrected chi connectivity index (χ2v) is 5.14. The highest BCUT2D eigenvalue weighted by molar-refractivity contribution is 6.07. The van der Waals surface area contributed by atoms with Gasteiger partial charge in [0.25, 0.3) is 0 Å². The van der Waals surface area contributed by atoms with Gasteiger partial charge in [-0.2, -0.15) is 0 Å². The number of benzene rings is 2. The van der Waals surface area contributed by atoms with Crippen LogP contribution in [-0.4, -0.2) is 37.7 Å². The van der Waals surface area contributed by atoms with Gasteiger partial charge in [0, 0.05) is 5.56 Å². The number of ketones is 1. The van der Waals surface area contributed by atoms with E-state index in [9.17, 15) is 14.0 Å². The standard InChI is InChI=1S/C19H17FO6/c1-24-16-8-4-12(9-18(16)25-2)3-7-15(21)13-5-6-14(20)17(10-13)26-11-19(22)23/h3-10H,11H2,1-2H3,(H,22,23)/b7-3+. The number of rotatable bonds is 8. The molecule has 0 atom stereocenters. The molecule has 7 heteroatoms. The van der Waals surface area contributed by atoms with Gasteiger partial charge in [0.05, 0.1) is 14.2 Å². The van der Waals surface area contributed by atoms with Gasteiger partial charge in [-0.05, 0) is 42.0 Å². The van der Waals surface area contributed by atoms with Crippen LogP contribution in [0.3, 0.4) is 0 Å². The summed E-state index contributed by atoms with van der Waals surface area (Å²) in [7, 11) is 3.03. The van der Waals surface area contributed by atoms with Crippen molar-refractivity contribution < 1.29 is 33.3 Å². The minimum absolute atomic E-state index is 0.170. The molecule has 2 aromatic rings. The molecule has 2 rings (SSSR count). The van der Waals surface area contributed by atoms with Crippen molar-refractivity contribution in [1.29, 1.82) is 0 Å². The van der Waals surface area contributed by atoms with Crippen LogP contribution >= 0.6 is 0 Å². The molecular formula is C19H17FO6. The van der Waals surface area contributed by atoms with Crippen LogP contribution in [0.15, 0.2) is 42.5 Å². The van der Waals surface area contributed by atoms with E-state index in [-0.39, 0.29) is 17.1 Å². The first-order chi connectivity index (χ1) is 12.4. The van der Waals surface area contributed by atoms with E-state index in [2.05, 4.69) is 0 Å². The van der Waals surface area contributed by atoms with Gasteiger partial charge in [0.15, 0.2) is 35.5 Å². The summed E-state index contributed by atoms with van der Waals surface area (Å²) in [5.74, 6) is -1.58. The molecule has 6 nitrogen and oxygen atoms in total. The summed E-state index contributed by atoms with van der Waals surface area (Å²) in [5, 5.41) is 8.59. The second kappa shape index (κ2) is 8.66. The Labute approximate surface area is 149 Å². The summed E-state index contributed by atoms with van der Waals surface area (Å²) < 4.78 is 28.8. The summed E-state index contributed by atoms with van der Waals surface area (Å²) in [4.78, 5) is 22.8. The number of carbonyl (C=O) groups is 2. The molecule has 0 heterocycles. The van der Waals surface area contributed by atoms with E-state index in [0.29, 0.717) is 17.1 Å². The quantitative estimate of drug-likeness (QED) is 0.575. The normalized spacial score (nSPS) is 10.6. The average molecular weight is 360 g/mol. The molecule has 0 fully saturated rings. The zero-order valence-electron chi connectivity index (χ0n) is 14.2. The van der Waals surface area contributed by atoms with Crippen molar-refractivity contribution >= 4 is 17.8 Å². The van der Waals surface area contributed by atoms with Crippen LogP contribution in [0.1, 0.15) is 15.9 Å². The van der Waals surface area contributed by atoms with E-state index in [0.717, 1.165) is 6.07 Å². The van der Waals surface area contributed by atoms with Crippen molar-refractivity contribution in [1.82, 2.24) is 0 Å².